The van der Waals surface area contributed by atoms with Gasteiger partial charge < -0.3 is 9.80 Å². The summed E-state index contributed by atoms with van der Waals surface area (Å²) < 4.78 is 2.65. The van der Waals surface area contributed by atoms with E-state index in [4.69, 9.17) is 0 Å². The van der Waals surface area contributed by atoms with Crippen LogP contribution in [0.3, 0.4) is 0 Å². The Morgan fingerprint density at radius 3 is 1.14 bits per heavy atom. The van der Waals surface area contributed by atoms with Crippen molar-refractivity contribution in [3.63, 3.8) is 0 Å². The summed E-state index contributed by atoms with van der Waals surface area (Å²) >= 11 is 1.89. The molecule has 0 bridgehead atoms. The first-order chi connectivity index (χ1) is 41.2. The van der Waals surface area contributed by atoms with Crippen molar-refractivity contribution in [1.82, 2.24) is 0 Å². The minimum atomic E-state index is 1.07. The summed E-state index contributed by atoms with van der Waals surface area (Å²) in [5, 5.41) is 15.2. The lowest BCUT2D eigenvalue weighted by atomic mass is 9.91. The van der Waals surface area contributed by atoms with Gasteiger partial charge in [0.15, 0.2) is 0 Å². The van der Waals surface area contributed by atoms with E-state index in [1.165, 1.54) is 113 Å². The molecule has 0 aliphatic heterocycles. The van der Waals surface area contributed by atoms with Gasteiger partial charge in [-0.05, 0) is 166 Å². The summed E-state index contributed by atoms with van der Waals surface area (Å²) in [6.45, 7) is 0. The van der Waals surface area contributed by atoms with Gasteiger partial charge in [-0.3, -0.25) is 0 Å². The summed E-state index contributed by atoms with van der Waals surface area (Å²) in [7, 11) is 0. The maximum atomic E-state index is 2.39. The van der Waals surface area contributed by atoms with Gasteiger partial charge in [-0.25, -0.2) is 0 Å². The highest BCUT2D eigenvalue weighted by molar-refractivity contribution is 7.26. The summed E-state index contributed by atoms with van der Waals surface area (Å²) in [4.78, 5) is 4.75. The second kappa shape index (κ2) is 20.2. The fourth-order valence-corrected chi connectivity index (χ4v) is 14.2. The van der Waals surface area contributed by atoms with Gasteiger partial charge in [-0.2, -0.15) is 0 Å². The van der Waals surface area contributed by atoms with Crippen LogP contribution >= 0.6 is 11.3 Å². The zero-order chi connectivity index (χ0) is 54.8. The highest BCUT2D eigenvalue weighted by Gasteiger charge is 2.20. The average Bonchev–Trinajstić information content (AvgIpc) is 3.29. The smallest absolute Gasteiger partial charge is 0.0540 e. The van der Waals surface area contributed by atoms with Crippen molar-refractivity contribution in [3.8, 4) is 44.5 Å². The predicted octanol–water partition coefficient (Wildman–Crippen LogP) is 23.4. The summed E-state index contributed by atoms with van der Waals surface area (Å²) in [6, 6.07) is 116. The number of anilines is 6. The Labute approximate surface area is 486 Å². The third-order valence-corrected chi connectivity index (χ3v) is 18.1. The molecule has 15 aromatic carbocycles. The van der Waals surface area contributed by atoms with Crippen LogP contribution in [0.5, 0.6) is 0 Å². The molecule has 2 nitrogen and oxygen atoms in total. The molecular weight excluding hydrogens is 1020 g/mol. The molecule has 0 amide bonds. The van der Waals surface area contributed by atoms with Crippen LogP contribution in [-0.4, -0.2) is 0 Å². The molecule has 0 aliphatic carbocycles. The van der Waals surface area contributed by atoms with Crippen LogP contribution in [0.2, 0.25) is 0 Å². The number of fused-ring (bicyclic) bond motifs is 11. The Balaban J connectivity index is 0.790. The molecule has 0 atom stereocenters. The van der Waals surface area contributed by atoms with Gasteiger partial charge in [0, 0.05) is 59.6 Å². The lowest BCUT2D eigenvalue weighted by Crippen LogP contribution is -2.10. The molecule has 0 fully saturated rings. The topological polar surface area (TPSA) is 6.48 Å². The summed E-state index contributed by atoms with van der Waals surface area (Å²) in [5.41, 5.74) is 16.2. The fraction of sp³-hybridized carbons (Fsp3) is 0. The SMILES string of the molecule is c1ccc(N(c2ccccc2)c2ccc(-c3ccc(N(c4ccc(-c5ccc6c7ccccc7c7ccccc7c6c5)cc4)c4ccc(-c5ccc(-c6cccc7c6sc6ccccc67)c6ccccc56)cc4)cc3)c3ccccc23)cc1. The summed E-state index contributed by atoms with van der Waals surface area (Å²) in [6.07, 6.45) is 0. The number of hydrogen-bond acceptors (Lipinski definition) is 3. The first-order valence-electron chi connectivity index (χ1n) is 28.5. The highest BCUT2D eigenvalue weighted by Crippen LogP contribution is 2.47. The predicted molar refractivity (Wildman–Crippen MR) is 358 cm³/mol. The van der Waals surface area contributed by atoms with Crippen LogP contribution in [0, 0.1) is 0 Å². The van der Waals surface area contributed by atoms with Crippen molar-refractivity contribution < 1.29 is 0 Å². The van der Waals surface area contributed by atoms with E-state index in [9.17, 15) is 0 Å². The van der Waals surface area contributed by atoms with Crippen LogP contribution in [0.1, 0.15) is 0 Å². The lowest BCUT2D eigenvalue weighted by Gasteiger charge is -2.28. The third-order valence-electron chi connectivity index (χ3n) is 16.9. The third kappa shape index (κ3) is 8.32. The van der Waals surface area contributed by atoms with E-state index in [0.717, 1.165) is 39.7 Å². The molecule has 0 saturated heterocycles. The van der Waals surface area contributed by atoms with E-state index in [2.05, 4.69) is 325 Å². The summed E-state index contributed by atoms with van der Waals surface area (Å²) in [5.74, 6) is 0. The molecule has 388 valence electrons. The zero-order valence-corrected chi connectivity index (χ0v) is 46.1. The molecule has 0 N–H and O–H groups in total. The van der Waals surface area contributed by atoms with E-state index in [1.54, 1.807) is 0 Å². The minimum absolute atomic E-state index is 1.07. The highest BCUT2D eigenvalue weighted by atomic mass is 32.1. The largest absolute Gasteiger partial charge is 0.311 e. The van der Waals surface area contributed by atoms with E-state index in [-0.39, 0.29) is 0 Å². The Hall–Kier alpha value is -10.6. The number of rotatable bonds is 10. The molecule has 0 radical (unpaired) electrons. The maximum absolute atomic E-state index is 2.39. The fourth-order valence-electron chi connectivity index (χ4n) is 13.0. The maximum Gasteiger partial charge on any atom is 0.0540 e. The Kier molecular flexibility index (Phi) is 11.8. The molecule has 0 saturated carbocycles. The molecule has 0 spiro atoms. The number of hydrogen-bond donors (Lipinski definition) is 0. The first kappa shape index (κ1) is 48.3. The van der Waals surface area contributed by atoms with Gasteiger partial charge in [-0.1, -0.05) is 237 Å². The van der Waals surface area contributed by atoms with Gasteiger partial charge in [0.25, 0.3) is 0 Å². The second-order valence-corrected chi connectivity index (χ2v) is 22.6. The second-order valence-electron chi connectivity index (χ2n) is 21.5. The van der Waals surface area contributed by atoms with Crippen LogP contribution < -0.4 is 9.80 Å². The lowest BCUT2D eigenvalue weighted by molar-refractivity contribution is 1.28. The molecular formula is C80H52N2S. The van der Waals surface area contributed by atoms with Gasteiger partial charge in [0.2, 0.25) is 0 Å². The quantitative estimate of drug-likeness (QED) is 0.126. The van der Waals surface area contributed by atoms with Crippen molar-refractivity contribution in [2.75, 3.05) is 9.80 Å². The first-order valence-corrected chi connectivity index (χ1v) is 29.3. The zero-order valence-electron chi connectivity index (χ0n) is 45.3. The van der Waals surface area contributed by atoms with Crippen molar-refractivity contribution >= 4 is 119 Å². The number of nitrogens with zero attached hydrogens (tertiary/aromatic N) is 2. The Morgan fingerprint density at radius 1 is 0.193 bits per heavy atom. The normalized spacial score (nSPS) is 11.6. The van der Waals surface area contributed by atoms with Gasteiger partial charge >= 0.3 is 0 Å². The number of thiophene rings is 1. The average molecular weight is 1070 g/mol. The molecule has 1 heterocycles. The van der Waals surface area contributed by atoms with Crippen LogP contribution in [0.15, 0.2) is 315 Å². The minimum Gasteiger partial charge on any atom is -0.311 e. The van der Waals surface area contributed by atoms with Crippen LogP contribution in [0.25, 0.3) is 119 Å². The van der Waals surface area contributed by atoms with E-state index < -0.39 is 0 Å². The van der Waals surface area contributed by atoms with Crippen molar-refractivity contribution in [1.29, 1.82) is 0 Å². The standard InChI is InChI=1S/C80H52N2S/c1-3-18-57(19-4-1)82(58-20-5-2-6-21-58)78-51-50-63(65-23-13-14-29-73(65)78)55-38-45-61(46-39-55)81(59-41-34-53(35-42-59)56-40-47-72-69-27-10-9-25-67(69)68-26-11-12-28-70(68)77(72)52-56)60-43-36-54(37-44-60)62-48-49-71(66-24-8-7-22-64(62)66)75-31-17-32-76-74-30-15-16-33-79(74)83-80(75)76/h1-52H. The molecule has 83 heavy (non-hydrogen) atoms. The molecule has 1 aromatic heterocycles. The van der Waals surface area contributed by atoms with Gasteiger partial charge in [-0.15, -0.1) is 11.3 Å². The van der Waals surface area contributed by atoms with Crippen molar-refractivity contribution in [3.05, 3.63) is 315 Å². The van der Waals surface area contributed by atoms with Crippen LogP contribution in [-0.2, 0) is 0 Å². The van der Waals surface area contributed by atoms with Crippen molar-refractivity contribution in [2.24, 2.45) is 0 Å². The number of para-hydroxylation sites is 2. The Bertz CT molecular complexity index is 5050. The molecule has 3 heteroatoms. The van der Waals surface area contributed by atoms with Gasteiger partial charge in [0.05, 0.1) is 5.69 Å². The Morgan fingerprint density at radius 2 is 0.578 bits per heavy atom. The molecule has 0 aliphatic rings. The molecule has 16 aromatic rings. The van der Waals surface area contributed by atoms with E-state index >= 15 is 0 Å². The van der Waals surface area contributed by atoms with E-state index in [1.807, 2.05) is 11.3 Å². The van der Waals surface area contributed by atoms with Crippen LogP contribution in [0.4, 0.5) is 34.1 Å². The monoisotopic (exact) mass is 1070 g/mol. The number of benzene rings is 15. The van der Waals surface area contributed by atoms with Gasteiger partial charge in [0.1, 0.15) is 0 Å². The van der Waals surface area contributed by atoms with E-state index in [0.29, 0.717) is 0 Å². The van der Waals surface area contributed by atoms with Crippen molar-refractivity contribution in [2.45, 2.75) is 0 Å². The molecule has 16 rings (SSSR count). The molecule has 0 unspecified atom stereocenters.